The van der Waals surface area contributed by atoms with Gasteiger partial charge in [0.1, 0.15) is 0 Å². The van der Waals surface area contributed by atoms with Crippen molar-refractivity contribution >= 4 is 29.3 Å². The van der Waals surface area contributed by atoms with Crippen LogP contribution in [0.1, 0.15) is 47.9 Å². The van der Waals surface area contributed by atoms with Crippen LogP contribution in [0.15, 0.2) is 59.4 Å². The second kappa shape index (κ2) is 11.4. The first-order chi connectivity index (χ1) is 15.9. The third-order valence-electron chi connectivity index (χ3n) is 6.03. The van der Waals surface area contributed by atoms with Crippen molar-refractivity contribution in [3.05, 3.63) is 76.6 Å². The van der Waals surface area contributed by atoms with Gasteiger partial charge in [-0.1, -0.05) is 30.3 Å². The molecule has 0 bridgehead atoms. The summed E-state index contributed by atoms with van der Waals surface area (Å²) in [7, 11) is 1.68. The van der Waals surface area contributed by atoms with Crippen LogP contribution in [0.25, 0.3) is 11.6 Å². The standard InChI is InChI=1S/C26H35N7/c1-32-16-20(14-27)19-5-10-24(29)23(13-19)26(31)25(30)12-17-3-2-4-18(11-17)15-33-22-8-6-21(28)7-9-22/h2-5,10-14,16,21-22,31,33H,6-9,15,27-30H2,1H3/b20-14?,25-12-,31-26?,32-16?. The van der Waals surface area contributed by atoms with E-state index < -0.39 is 0 Å². The van der Waals surface area contributed by atoms with Gasteiger partial charge in [0.05, 0.1) is 11.4 Å². The first-order valence-electron chi connectivity index (χ1n) is 11.3. The van der Waals surface area contributed by atoms with Gasteiger partial charge in [-0.2, -0.15) is 0 Å². The summed E-state index contributed by atoms with van der Waals surface area (Å²) in [5.74, 6) is 0. The van der Waals surface area contributed by atoms with E-state index >= 15 is 0 Å². The molecule has 3 rings (SSSR count). The van der Waals surface area contributed by atoms with Crippen LogP contribution in [0.3, 0.4) is 0 Å². The average molecular weight is 446 g/mol. The largest absolute Gasteiger partial charge is 0.404 e. The maximum Gasteiger partial charge on any atom is 0.0862 e. The summed E-state index contributed by atoms with van der Waals surface area (Å²) in [4.78, 5) is 4.02. The lowest BCUT2D eigenvalue weighted by molar-refractivity contribution is 0.342. The van der Waals surface area contributed by atoms with Gasteiger partial charge in [-0.3, -0.25) is 10.4 Å². The van der Waals surface area contributed by atoms with Crippen LogP contribution in [0.2, 0.25) is 0 Å². The van der Waals surface area contributed by atoms with Crippen LogP contribution in [-0.2, 0) is 6.54 Å². The SMILES string of the molecule is CN=CC(=CN)c1ccc(N)c(C(=N)/C(N)=C/c2cccc(CNC3CCC(N)CC3)c2)c1. The van der Waals surface area contributed by atoms with Crippen LogP contribution in [-0.4, -0.2) is 31.1 Å². The molecule has 0 aromatic heterocycles. The highest BCUT2D eigenvalue weighted by Gasteiger charge is 2.17. The van der Waals surface area contributed by atoms with Gasteiger partial charge in [0, 0.05) is 54.9 Å². The summed E-state index contributed by atoms with van der Waals surface area (Å²) >= 11 is 0. The summed E-state index contributed by atoms with van der Waals surface area (Å²) in [5, 5.41) is 12.3. The van der Waals surface area contributed by atoms with Gasteiger partial charge in [-0.05, 0) is 60.6 Å². The molecule has 1 saturated carbocycles. The number of rotatable bonds is 8. The maximum atomic E-state index is 8.63. The Labute approximate surface area is 196 Å². The van der Waals surface area contributed by atoms with Crippen molar-refractivity contribution in [3.8, 4) is 0 Å². The van der Waals surface area contributed by atoms with E-state index in [1.807, 2.05) is 30.3 Å². The molecule has 1 aliphatic carbocycles. The molecule has 2 aromatic rings. The zero-order chi connectivity index (χ0) is 23.8. The Kier molecular flexibility index (Phi) is 8.40. The van der Waals surface area contributed by atoms with E-state index in [0.29, 0.717) is 29.0 Å². The number of hydrogen-bond donors (Lipinski definition) is 6. The molecular formula is C26H35N7. The van der Waals surface area contributed by atoms with Gasteiger partial charge in [-0.25, -0.2) is 0 Å². The summed E-state index contributed by atoms with van der Waals surface area (Å²) in [6.45, 7) is 0.793. The van der Waals surface area contributed by atoms with E-state index in [1.165, 1.54) is 11.8 Å². The zero-order valence-corrected chi connectivity index (χ0v) is 19.2. The number of hydrogen-bond acceptors (Lipinski definition) is 7. The number of nitrogens with two attached hydrogens (primary N) is 4. The smallest absolute Gasteiger partial charge is 0.0862 e. The highest BCUT2D eigenvalue weighted by atomic mass is 14.9. The second-order valence-corrected chi connectivity index (χ2v) is 8.52. The van der Waals surface area contributed by atoms with Crippen LogP contribution < -0.4 is 28.3 Å². The molecule has 0 saturated heterocycles. The Morgan fingerprint density at radius 3 is 2.61 bits per heavy atom. The summed E-state index contributed by atoms with van der Waals surface area (Å²) < 4.78 is 0. The number of anilines is 1. The first-order valence-corrected chi connectivity index (χ1v) is 11.3. The molecule has 7 nitrogen and oxygen atoms in total. The molecule has 174 valence electrons. The molecule has 0 atom stereocenters. The van der Waals surface area contributed by atoms with Gasteiger partial charge >= 0.3 is 0 Å². The molecule has 10 N–H and O–H groups in total. The minimum atomic E-state index is 0.168. The Bertz CT molecular complexity index is 1060. The van der Waals surface area contributed by atoms with Gasteiger partial charge < -0.3 is 28.3 Å². The third kappa shape index (κ3) is 6.54. The van der Waals surface area contributed by atoms with E-state index in [2.05, 4.69) is 22.4 Å². The van der Waals surface area contributed by atoms with E-state index in [1.54, 1.807) is 19.3 Å². The topological polar surface area (TPSA) is 152 Å². The monoisotopic (exact) mass is 445 g/mol. The number of nitrogen functional groups attached to an aromatic ring is 1. The number of aliphatic imine (C=N–C) groups is 1. The number of allylic oxidation sites excluding steroid dienone is 2. The van der Waals surface area contributed by atoms with E-state index in [-0.39, 0.29) is 5.71 Å². The lowest BCUT2D eigenvalue weighted by atomic mass is 9.91. The Morgan fingerprint density at radius 1 is 1.15 bits per heavy atom. The van der Waals surface area contributed by atoms with Crippen molar-refractivity contribution in [1.29, 1.82) is 5.41 Å². The summed E-state index contributed by atoms with van der Waals surface area (Å²) in [6, 6.07) is 14.5. The molecule has 0 heterocycles. The van der Waals surface area contributed by atoms with Crippen LogP contribution in [0.5, 0.6) is 0 Å². The molecule has 1 aliphatic rings. The molecule has 0 radical (unpaired) electrons. The van der Waals surface area contributed by atoms with Crippen molar-refractivity contribution in [2.24, 2.45) is 22.2 Å². The van der Waals surface area contributed by atoms with Gasteiger partial charge in [0.2, 0.25) is 0 Å². The van der Waals surface area contributed by atoms with Crippen LogP contribution >= 0.6 is 0 Å². The molecule has 1 fully saturated rings. The molecule has 0 aliphatic heterocycles. The lowest BCUT2D eigenvalue weighted by Crippen LogP contribution is -2.37. The number of nitrogens with zero attached hydrogens (tertiary/aromatic N) is 1. The fourth-order valence-electron chi connectivity index (χ4n) is 4.09. The van der Waals surface area contributed by atoms with E-state index in [9.17, 15) is 0 Å². The summed E-state index contributed by atoms with van der Waals surface area (Å²) in [5.41, 5.74) is 29.4. The van der Waals surface area contributed by atoms with E-state index in [0.717, 1.165) is 48.9 Å². The first kappa shape index (κ1) is 24.2. The van der Waals surface area contributed by atoms with Gasteiger partial charge in [0.25, 0.3) is 0 Å². The fraction of sp³-hybridized carbons (Fsp3) is 0.308. The van der Waals surface area contributed by atoms with Crippen molar-refractivity contribution in [2.45, 2.75) is 44.3 Å². The molecule has 0 unspecified atom stereocenters. The molecule has 0 amide bonds. The van der Waals surface area contributed by atoms with E-state index in [4.69, 9.17) is 28.3 Å². The quantitative estimate of drug-likeness (QED) is 0.272. The van der Waals surface area contributed by atoms with Crippen molar-refractivity contribution in [3.63, 3.8) is 0 Å². The zero-order valence-electron chi connectivity index (χ0n) is 19.2. The lowest BCUT2D eigenvalue weighted by Gasteiger charge is -2.27. The molecule has 33 heavy (non-hydrogen) atoms. The number of benzene rings is 2. The average Bonchev–Trinajstić information content (AvgIpc) is 2.82. The van der Waals surface area contributed by atoms with Gasteiger partial charge in [0.15, 0.2) is 0 Å². The molecule has 0 spiro atoms. The Hall–Kier alpha value is -3.42. The van der Waals surface area contributed by atoms with Crippen molar-refractivity contribution < 1.29 is 0 Å². The number of nitrogens with one attached hydrogen (secondary N) is 2. The molecular weight excluding hydrogens is 410 g/mol. The predicted octanol–water partition coefficient (Wildman–Crippen LogP) is 3.00. The predicted molar refractivity (Wildman–Crippen MR) is 140 cm³/mol. The normalized spacial score (nSPS) is 19.7. The van der Waals surface area contributed by atoms with Crippen LogP contribution in [0, 0.1) is 5.41 Å². The molecule has 7 heteroatoms. The Balaban J connectivity index is 1.74. The van der Waals surface area contributed by atoms with Crippen molar-refractivity contribution in [2.75, 3.05) is 12.8 Å². The minimum absolute atomic E-state index is 0.168. The third-order valence-corrected chi connectivity index (χ3v) is 6.03. The molecule has 2 aromatic carbocycles. The van der Waals surface area contributed by atoms with Crippen LogP contribution in [0.4, 0.5) is 5.69 Å². The summed E-state index contributed by atoms with van der Waals surface area (Å²) in [6.07, 6.45) is 9.36. The van der Waals surface area contributed by atoms with Crippen molar-refractivity contribution in [1.82, 2.24) is 5.32 Å². The second-order valence-electron chi connectivity index (χ2n) is 8.52. The highest BCUT2D eigenvalue weighted by Crippen LogP contribution is 2.22. The maximum absolute atomic E-state index is 8.63. The van der Waals surface area contributed by atoms with Gasteiger partial charge in [-0.15, -0.1) is 0 Å². The minimum Gasteiger partial charge on any atom is -0.404 e. The Morgan fingerprint density at radius 2 is 1.91 bits per heavy atom. The highest BCUT2D eigenvalue weighted by molar-refractivity contribution is 6.16. The fourth-order valence-corrected chi connectivity index (χ4v) is 4.09.